The van der Waals surface area contributed by atoms with Gasteiger partial charge in [0.25, 0.3) is 0 Å². The molecule has 16 heavy (non-hydrogen) atoms. The molecule has 1 aromatic rings. The molecule has 1 amide bonds. The van der Waals surface area contributed by atoms with Gasteiger partial charge in [0, 0.05) is 44.9 Å². The van der Waals surface area contributed by atoms with Crippen LogP contribution < -0.4 is 10.6 Å². The third-order valence-electron chi connectivity index (χ3n) is 2.28. The lowest BCUT2D eigenvalue weighted by atomic mass is 10.3. The lowest BCUT2D eigenvalue weighted by Crippen LogP contribution is -2.24. The van der Waals surface area contributed by atoms with Crippen LogP contribution in [-0.4, -0.2) is 29.3 Å². The second-order valence-corrected chi connectivity index (χ2v) is 3.71. The van der Waals surface area contributed by atoms with Crippen LogP contribution in [0.15, 0.2) is 12.4 Å². The van der Waals surface area contributed by atoms with Crippen LogP contribution >= 0.6 is 0 Å². The van der Waals surface area contributed by atoms with E-state index in [0.29, 0.717) is 13.0 Å². The van der Waals surface area contributed by atoms with Crippen molar-refractivity contribution in [2.75, 3.05) is 13.6 Å². The van der Waals surface area contributed by atoms with E-state index in [4.69, 9.17) is 0 Å². The molecule has 0 fully saturated rings. The van der Waals surface area contributed by atoms with Gasteiger partial charge in [-0.2, -0.15) is 5.10 Å². The van der Waals surface area contributed by atoms with E-state index in [2.05, 4.69) is 22.7 Å². The molecule has 90 valence electrons. The molecule has 0 radical (unpaired) electrons. The number of hydrogen-bond donors (Lipinski definition) is 2. The number of rotatable bonds is 7. The van der Waals surface area contributed by atoms with E-state index in [1.807, 2.05) is 17.1 Å². The third-order valence-corrected chi connectivity index (χ3v) is 2.28. The van der Waals surface area contributed by atoms with Crippen molar-refractivity contribution in [2.24, 2.45) is 0 Å². The fraction of sp³-hybridized carbons (Fsp3) is 0.636. The quantitative estimate of drug-likeness (QED) is 0.664. The van der Waals surface area contributed by atoms with Crippen LogP contribution in [0.2, 0.25) is 0 Å². The highest BCUT2D eigenvalue weighted by Gasteiger charge is 1.99. The van der Waals surface area contributed by atoms with Gasteiger partial charge in [0.2, 0.25) is 5.91 Å². The van der Waals surface area contributed by atoms with Gasteiger partial charge in [0.15, 0.2) is 0 Å². The SMILES string of the molecule is CCCn1cc(CNCCC(=O)NC)cn1. The van der Waals surface area contributed by atoms with Crippen LogP contribution in [0, 0.1) is 0 Å². The summed E-state index contributed by atoms with van der Waals surface area (Å²) in [4.78, 5) is 10.9. The zero-order valence-electron chi connectivity index (χ0n) is 9.99. The van der Waals surface area contributed by atoms with Crippen LogP contribution in [0.4, 0.5) is 0 Å². The fourth-order valence-corrected chi connectivity index (χ4v) is 1.41. The molecule has 5 nitrogen and oxygen atoms in total. The molecule has 5 heteroatoms. The zero-order valence-corrected chi connectivity index (χ0v) is 9.99. The van der Waals surface area contributed by atoms with Crippen LogP contribution in [0.25, 0.3) is 0 Å². The molecule has 0 atom stereocenters. The van der Waals surface area contributed by atoms with Gasteiger partial charge in [-0.3, -0.25) is 9.48 Å². The van der Waals surface area contributed by atoms with Crippen LogP contribution in [-0.2, 0) is 17.9 Å². The van der Waals surface area contributed by atoms with Gasteiger partial charge in [0.05, 0.1) is 6.20 Å². The van der Waals surface area contributed by atoms with Gasteiger partial charge in [-0.05, 0) is 6.42 Å². The molecule has 0 saturated carbocycles. The Morgan fingerprint density at radius 1 is 1.56 bits per heavy atom. The summed E-state index contributed by atoms with van der Waals surface area (Å²) in [5.74, 6) is 0.0641. The van der Waals surface area contributed by atoms with Gasteiger partial charge >= 0.3 is 0 Å². The minimum Gasteiger partial charge on any atom is -0.359 e. The Morgan fingerprint density at radius 2 is 2.38 bits per heavy atom. The summed E-state index contributed by atoms with van der Waals surface area (Å²) in [6.07, 6.45) is 5.50. The Bertz CT molecular complexity index is 322. The molecular formula is C11H20N4O. The number of hydrogen-bond acceptors (Lipinski definition) is 3. The summed E-state index contributed by atoms with van der Waals surface area (Å²) < 4.78 is 1.94. The molecular weight excluding hydrogens is 204 g/mol. The van der Waals surface area contributed by atoms with E-state index in [1.165, 1.54) is 0 Å². The Balaban J connectivity index is 2.19. The van der Waals surface area contributed by atoms with Gasteiger partial charge in [-0.25, -0.2) is 0 Å². The summed E-state index contributed by atoms with van der Waals surface area (Å²) in [7, 11) is 1.65. The van der Waals surface area contributed by atoms with E-state index in [0.717, 1.165) is 25.1 Å². The second-order valence-electron chi connectivity index (χ2n) is 3.71. The molecule has 0 unspecified atom stereocenters. The predicted molar refractivity (Wildman–Crippen MR) is 62.9 cm³/mol. The molecule has 0 bridgehead atoms. The summed E-state index contributed by atoms with van der Waals surface area (Å²) in [6, 6.07) is 0. The zero-order chi connectivity index (χ0) is 11.8. The van der Waals surface area contributed by atoms with Crippen molar-refractivity contribution in [2.45, 2.75) is 32.9 Å². The second kappa shape index (κ2) is 7.00. The van der Waals surface area contributed by atoms with Crippen molar-refractivity contribution in [3.63, 3.8) is 0 Å². The van der Waals surface area contributed by atoms with Gasteiger partial charge in [-0.15, -0.1) is 0 Å². The van der Waals surface area contributed by atoms with Crippen LogP contribution in [0.3, 0.4) is 0 Å². The van der Waals surface area contributed by atoms with E-state index < -0.39 is 0 Å². The van der Waals surface area contributed by atoms with Crippen molar-refractivity contribution in [3.05, 3.63) is 18.0 Å². The first kappa shape index (κ1) is 12.7. The number of carbonyl (C=O) groups is 1. The van der Waals surface area contributed by atoms with Crippen molar-refractivity contribution < 1.29 is 4.79 Å². The molecule has 0 aliphatic heterocycles. The fourth-order valence-electron chi connectivity index (χ4n) is 1.41. The largest absolute Gasteiger partial charge is 0.359 e. The highest BCUT2D eigenvalue weighted by molar-refractivity contribution is 5.75. The lowest BCUT2D eigenvalue weighted by Gasteiger charge is -2.01. The highest BCUT2D eigenvalue weighted by atomic mass is 16.1. The summed E-state index contributed by atoms with van der Waals surface area (Å²) in [5.41, 5.74) is 1.16. The van der Waals surface area contributed by atoms with E-state index >= 15 is 0 Å². The minimum atomic E-state index is 0.0641. The van der Waals surface area contributed by atoms with Gasteiger partial charge < -0.3 is 10.6 Å². The lowest BCUT2D eigenvalue weighted by molar-refractivity contribution is -0.120. The molecule has 0 aromatic carbocycles. The Kier molecular flexibility index (Phi) is 5.56. The van der Waals surface area contributed by atoms with E-state index in [-0.39, 0.29) is 5.91 Å². The molecule has 0 aliphatic carbocycles. The minimum absolute atomic E-state index is 0.0641. The van der Waals surface area contributed by atoms with Gasteiger partial charge in [0.1, 0.15) is 0 Å². The Morgan fingerprint density at radius 3 is 3.06 bits per heavy atom. The highest BCUT2D eigenvalue weighted by Crippen LogP contribution is 1.98. The molecule has 1 rings (SSSR count). The molecule has 0 saturated heterocycles. The van der Waals surface area contributed by atoms with Gasteiger partial charge in [-0.1, -0.05) is 6.92 Å². The number of aryl methyl sites for hydroxylation is 1. The third kappa shape index (κ3) is 4.44. The number of amides is 1. The van der Waals surface area contributed by atoms with Crippen LogP contribution in [0.5, 0.6) is 0 Å². The van der Waals surface area contributed by atoms with E-state index in [1.54, 1.807) is 7.05 Å². The van der Waals surface area contributed by atoms with Crippen LogP contribution in [0.1, 0.15) is 25.3 Å². The predicted octanol–water partition coefficient (Wildman–Crippen LogP) is 0.519. The van der Waals surface area contributed by atoms with E-state index in [9.17, 15) is 4.79 Å². The first-order valence-corrected chi connectivity index (χ1v) is 5.69. The average molecular weight is 224 g/mol. The topological polar surface area (TPSA) is 59.0 Å². The summed E-state index contributed by atoms with van der Waals surface area (Å²) in [5, 5.41) is 10.0. The van der Waals surface area contributed by atoms with Crippen molar-refractivity contribution in [3.8, 4) is 0 Å². The molecule has 0 aliphatic rings. The molecule has 0 spiro atoms. The number of nitrogens with zero attached hydrogens (tertiary/aromatic N) is 2. The summed E-state index contributed by atoms with van der Waals surface area (Å²) >= 11 is 0. The maximum atomic E-state index is 10.9. The Labute approximate surface area is 96.2 Å². The molecule has 1 aromatic heterocycles. The first-order valence-electron chi connectivity index (χ1n) is 5.69. The standard InChI is InChI=1S/C11H20N4O/c1-3-6-15-9-10(8-14-15)7-13-5-4-11(16)12-2/h8-9,13H,3-7H2,1-2H3,(H,12,16). The number of carbonyl (C=O) groups excluding carboxylic acids is 1. The number of aromatic nitrogens is 2. The molecule has 2 N–H and O–H groups in total. The molecule has 1 heterocycles. The normalized spacial score (nSPS) is 10.4. The van der Waals surface area contributed by atoms with Crippen molar-refractivity contribution in [1.29, 1.82) is 0 Å². The Hall–Kier alpha value is -1.36. The first-order chi connectivity index (χ1) is 7.76. The average Bonchev–Trinajstić information content (AvgIpc) is 2.72. The maximum Gasteiger partial charge on any atom is 0.221 e. The number of nitrogens with one attached hydrogen (secondary N) is 2. The summed E-state index contributed by atoms with van der Waals surface area (Å²) in [6.45, 7) is 4.54. The maximum absolute atomic E-state index is 10.9. The smallest absolute Gasteiger partial charge is 0.221 e. The van der Waals surface area contributed by atoms with Crippen molar-refractivity contribution in [1.82, 2.24) is 20.4 Å². The van der Waals surface area contributed by atoms with Crippen molar-refractivity contribution >= 4 is 5.91 Å². The monoisotopic (exact) mass is 224 g/mol.